The van der Waals surface area contributed by atoms with Gasteiger partial charge in [-0.2, -0.15) is 9.97 Å². The lowest BCUT2D eigenvalue weighted by Crippen LogP contribution is -2.29. The quantitative estimate of drug-likeness (QED) is 0.472. The molecule has 1 aliphatic heterocycles. The molecule has 4 heterocycles. The van der Waals surface area contributed by atoms with Crippen LogP contribution in [0, 0.1) is 17.7 Å². The molecule has 2 fully saturated rings. The number of ether oxygens (including phenoxy) is 1. The molecule has 1 aliphatic carbocycles. The summed E-state index contributed by atoms with van der Waals surface area (Å²) < 4.78 is 20.1. The van der Waals surface area contributed by atoms with Gasteiger partial charge < -0.3 is 25.7 Å². The first-order valence-electron chi connectivity index (χ1n) is 9.77. The summed E-state index contributed by atoms with van der Waals surface area (Å²) >= 11 is 0. The number of aromatic nitrogens is 5. The largest absolute Gasteiger partial charge is 0.421 e. The topological polar surface area (TPSA) is 118 Å². The number of rotatable bonds is 4. The maximum absolute atomic E-state index is 14.3. The van der Waals surface area contributed by atoms with E-state index in [1.807, 2.05) is 0 Å². The van der Waals surface area contributed by atoms with E-state index in [0.29, 0.717) is 34.4 Å². The Morgan fingerprint density at radius 1 is 1.20 bits per heavy atom. The third-order valence-electron chi connectivity index (χ3n) is 6.09. The van der Waals surface area contributed by atoms with Crippen LogP contribution in [0.5, 0.6) is 11.8 Å². The number of nitrogens with one attached hydrogen (secondary N) is 2. The Hall–Kier alpha value is -3.53. The van der Waals surface area contributed by atoms with Gasteiger partial charge in [0.25, 0.3) is 0 Å². The highest BCUT2D eigenvalue weighted by Gasteiger charge is 2.54. The summed E-state index contributed by atoms with van der Waals surface area (Å²) in [6.07, 6.45) is 4.52. The normalized spacial score (nSPS) is 22.5. The minimum atomic E-state index is -0.336. The number of hydrogen-bond acceptors (Lipinski definition) is 8. The SMILES string of the molecule is CNc1c(F)ccc2c1[nH]c1nc(Oc3cncnc3)nc(N3CC4C(N)[C@@H]4C3)c12. The van der Waals surface area contributed by atoms with Crippen molar-refractivity contribution >= 4 is 33.4 Å². The number of fused-ring (bicyclic) bond motifs is 4. The Bertz CT molecular complexity index is 1260. The maximum Gasteiger partial charge on any atom is 0.326 e. The maximum atomic E-state index is 14.3. The van der Waals surface area contributed by atoms with Crippen LogP contribution in [0.2, 0.25) is 0 Å². The molecule has 3 atom stereocenters. The number of halogens is 1. The Labute approximate surface area is 170 Å². The standard InChI is InChI=1S/C20H19FN8O/c1-23-17-13(21)3-2-10-14-18(26-16(10)17)27-20(30-9-4-24-8-25-5-9)28-19(14)29-6-11-12(7-29)15(11)22/h2-5,8,11-12,15,23H,6-7,22H2,1H3,(H,26,27,28)/t11-,12?,15?/m1/s1. The predicted octanol–water partition coefficient (Wildman–Crippen LogP) is 2.27. The van der Waals surface area contributed by atoms with Gasteiger partial charge >= 0.3 is 6.01 Å². The first-order valence-corrected chi connectivity index (χ1v) is 9.77. The number of hydrogen-bond donors (Lipinski definition) is 3. The third-order valence-corrected chi connectivity index (χ3v) is 6.09. The van der Waals surface area contributed by atoms with E-state index in [0.717, 1.165) is 29.7 Å². The van der Waals surface area contributed by atoms with E-state index in [-0.39, 0.29) is 17.9 Å². The number of H-pyrrole nitrogens is 1. The van der Waals surface area contributed by atoms with Crippen molar-refractivity contribution in [3.63, 3.8) is 0 Å². The Balaban J connectivity index is 1.54. The van der Waals surface area contributed by atoms with Gasteiger partial charge in [-0.15, -0.1) is 0 Å². The predicted molar refractivity (Wildman–Crippen MR) is 110 cm³/mol. The Kier molecular flexibility index (Phi) is 3.60. The number of piperidine rings is 1. The van der Waals surface area contributed by atoms with Crippen molar-refractivity contribution in [3.8, 4) is 11.8 Å². The molecule has 2 unspecified atom stereocenters. The lowest BCUT2D eigenvalue weighted by Gasteiger charge is -2.21. The summed E-state index contributed by atoms with van der Waals surface area (Å²) in [4.78, 5) is 22.6. The van der Waals surface area contributed by atoms with Gasteiger partial charge in [0.2, 0.25) is 0 Å². The summed E-state index contributed by atoms with van der Waals surface area (Å²) in [5.41, 5.74) is 7.74. The van der Waals surface area contributed by atoms with Crippen molar-refractivity contribution < 1.29 is 9.13 Å². The lowest BCUT2D eigenvalue weighted by atomic mass is 10.1. The number of aromatic amines is 1. The van der Waals surface area contributed by atoms with E-state index in [1.54, 1.807) is 25.5 Å². The molecule has 30 heavy (non-hydrogen) atoms. The first-order chi connectivity index (χ1) is 14.6. The van der Waals surface area contributed by atoms with Crippen molar-refractivity contribution in [1.29, 1.82) is 0 Å². The summed E-state index contributed by atoms with van der Waals surface area (Å²) in [7, 11) is 1.69. The lowest BCUT2D eigenvalue weighted by molar-refractivity contribution is 0.439. The highest BCUT2D eigenvalue weighted by molar-refractivity contribution is 6.14. The number of benzene rings is 1. The summed E-state index contributed by atoms with van der Waals surface area (Å²) in [5.74, 6) is 1.82. The molecule has 3 aromatic heterocycles. The molecule has 9 nitrogen and oxygen atoms in total. The second-order valence-electron chi connectivity index (χ2n) is 7.76. The first kappa shape index (κ1) is 17.3. The molecule has 0 bridgehead atoms. The van der Waals surface area contributed by atoms with Crippen LogP contribution in [0.25, 0.3) is 21.9 Å². The molecule has 4 N–H and O–H groups in total. The molecule has 1 saturated heterocycles. The minimum Gasteiger partial charge on any atom is -0.421 e. The fourth-order valence-corrected chi connectivity index (χ4v) is 4.51. The van der Waals surface area contributed by atoms with Gasteiger partial charge in [0.05, 0.1) is 29.0 Å². The van der Waals surface area contributed by atoms with E-state index < -0.39 is 0 Å². The van der Waals surface area contributed by atoms with Gasteiger partial charge in [-0.3, -0.25) is 0 Å². The highest BCUT2D eigenvalue weighted by Crippen LogP contribution is 2.47. The van der Waals surface area contributed by atoms with Gasteiger partial charge in [-0.05, 0) is 24.0 Å². The van der Waals surface area contributed by atoms with E-state index in [4.69, 9.17) is 15.5 Å². The molecule has 0 amide bonds. The van der Waals surface area contributed by atoms with Crippen molar-refractivity contribution in [3.05, 3.63) is 36.7 Å². The van der Waals surface area contributed by atoms with Crippen LogP contribution >= 0.6 is 0 Å². The van der Waals surface area contributed by atoms with Crippen LogP contribution in [0.3, 0.4) is 0 Å². The Morgan fingerprint density at radius 2 is 1.97 bits per heavy atom. The summed E-state index contributed by atoms with van der Waals surface area (Å²) in [6, 6.07) is 3.65. The zero-order chi connectivity index (χ0) is 20.4. The van der Waals surface area contributed by atoms with Crippen molar-refractivity contribution in [2.75, 3.05) is 30.4 Å². The van der Waals surface area contributed by atoms with E-state index in [2.05, 4.69) is 30.2 Å². The fourth-order valence-electron chi connectivity index (χ4n) is 4.51. The molecule has 1 saturated carbocycles. The average Bonchev–Trinajstić information content (AvgIpc) is 3.12. The van der Waals surface area contributed by atoms with Crippen LogP contribution in [0.15, 0.2) is 30.9 Å². The van der Waals surface area contributed by atoms with Crippen LogP contribution in [0.4, 0.5) is 15.9 Å². The second kappa shape index (κ2) is 6.23. The Morgan fingerprint density at radius 3 is 2.70 bits per heavy atom. The summed E-state index contributed by atoms with van der Waals surface area (Å²) in [5, 5.41) is 4.62. The fraction of sp³-hybridized carbons (Fsp3) is 0.300. The molecule has 152 valence electrons. The van der Waals surface area contributed by atoms with Gasteiger partial charge in [0, 0.05) is 31.6 Å². The zero-order valence-corrected chi connectivity index (χ0v) is 16.1. The second-order valence-corrected chi connectivity index (χ2v) is 7.76. The molecule has 6 rings (SSSR count). The zero-order valence-electron chi connectivity index (χ0n) is 16.1. The van der Waals surface area contributed by atoms with Crippen LogP contribution < -0.4 is 20.7 Å². The van der Waals surface area contributed by atoms with Gasteiger partial charge in [0.1, 0.15) is 23.6 Å². The number of nitrogens with zero attached hydrogens (tertiary/aromatic N) is 5. The minimum absolute atomic E-state index is 0.176. The van der Waals surface area contributed by atoms with Crippen LogP contribution in [-0.4, -0.2) is 51.1 Å². The molecule has 0 spiro atoms. The van der Waals surface area contributed by atoms with Gasteiger partial charge in [-0.25, -0.2) is 14.4 Å². The number of anilines is 2. The van der Waals surface area contributed by atoms with E-state index in [9.17, 15) is 4.39 Å². The van der Waals surface area contributed by atoms with Crippen molar-refractivity contribution in [2.24, 2.45) is 17.6 Å². The van der Waals surface area contributed by atoms with Gasteiger partial charge in [-0.1, -0.05) is 0 Å². The molecular weight excluding hydrogens is 387 g/mol. The molecule has 4 aromatic rings. The third kappa shape index (κ3) is 2.50. The number of nitrogens with two attached hydrogens (primary N) is 1. The van der Waals surface area contributed by atoms with E-state index >= 15 is 0 Å². The summed E-state index contributed by atoms with van der Waals surface area (Å²) in [6.45, 7) is 1.66. The monoisotopic (exact) mass is 406 g/mol. The molecule has 1 aromatic carbocycles. The molecular formula is C20H19FN8O. The van der Waals surface area contributed by atoms with Crippen LogP contribution in [0.1, 0.15) is 0 Å². The van der Waals surface area contributed by atoms with Crippen molar-refractivity contribution in [1.82, 2.24) is 24.9 Å². The van der Waals surface area contributed by atoms with Crippen molar-refractivity contribution in [2.45, 2.75) is 6.04 Å². The van der Waals surface area contributed by atoms with Gasteiger partial charge in [0.15, 0.2) is 5.75 Å². The molecule has 2 aliphatic rings. The molecule has 0 radical (unpaired) electrons. The van der Waals surface area contributed by atoms with Crippen LogP contribution in [-0.2, 0) is 0 Å². The smallest absolute Gasteiger partial charge is 0.326 e. The average molecular weight is 406 g/mol. The highest BCUT2D eigenvalue weighted by atomic mass is 19.1. The van der Waals surface area contributed by atoms with E-state index in [1.165, 1.54) is 12.4 Å². The molecule has 10 heteroatoms.